The van der Waals surface area contributed by atoms with Gasteiger partial charge in [-0.2, -0.15) is 0 Å². The first kappa shape index (κ1) is 35.6. The molecule has 288 valence electrons. The molecule has 3 heterocycles. The van der Waals surface area contributed by atoms with Gasteiger partial charge in [-0.3, -0.25) is 0 Å². The number of rotatable bonds is 6. The molecule has 7 N–H and O–H groups in total. The van der Waals surface area contributed by atoms with E-state index in [1.807, 2.05) is 6.07 Å². The van der Waals surface area contributed by atoms with Gasteiger partial charge in [0.2, 0.25) is 0 Å². The molecular formula is C36H66O13. The number of hydrogen-bond donors (Lipinski definition) is 7. The zero-order valence-corrected chi connectivity index (χ0v) is 28.3. The van der Waals surface area contributed by atoms with E-state index in [4.69, 9.17) is 23.4 Å². The molecule has 13 heteroatoms. The van der Waals surface area contributed by atoms with Gasteiger partial charge < -0.3 is 59.1 Å². The Morgan fingerprint density at radius 2 is 1.61 bits per heavy atom. The maximum atomic E-state index is 12.5. The van der Waals surface area contributed by atoms with Crippen molar-refractivity contribution < 1.29 is 69.1 Å². The first-order valence-electron chi connectivity index (χ1n) is 17.9. The molecule has 1 aromatic heterocycles. The summed E-state index contributed by atoms with van der Waals surface area (Å²) in [7, 11) is 0. The van der Waals surface area contributed by atoms with E-state index >= 15 is 0 Å². The molecule has 2 saturated heterocycles. The van der Waals surface area contributed by atoms with E-state index in [-0.39, 0.29) is 44.4 Å². The van der Waals surface area contributed by atoms with Crippen LogP contribution in [0.4, 0.5) is 0 Å². The molecule has 0 radical (unpaired) electrons. The van der Waals surface area contributed by atoms with Crippen LogP contribution in [0.1, 0.15) is 93.6 Å². The molecule has 1 aromatic rings. The van der Waals surface area contributed by atoms with Gasteiger partial charge >= 0.3 is 5.63 Å². The van der Waals surface area contributed by atoms with Crippen molar-refractivity contribution >= 4 is 0 Å². The third-order valence-electron chi connectivity index (χ3n) is 13.6. The topological polar surface area (TPSA) is 209 Å². The Bertz CT molecular complexity index is 1460. The Morgan fingerprint density at radius 1 is 0.857 bits per heavy atom. The molecule has 49 heavy (non-hydrogen) atoms. The van der Waals surface area contributed by atoms with Crippen molar-refractivity contribution in [3.05, 3.63) is 46.0 Å². The summed E-state index contributed by atoms with van der Waals surface area (Å²) in [5.41, 5.74) is 0.613. The molecule has 17 atom stereocenters. The number of aliphatic hydroxyl groups excluding tert-OH is 6. The van der Waals surface area contributed by atoms with E-state index < -0.39 is 73.6 Å². The minimum Gasteiger partial charge on any atom is -0.431 e. The third-order valence-corrected chi connectivity index (χ3v) is 13.6. The van der Waals surface area contributed by atoms with Crippen molar-refractivity contribution in [1.29, 1.82) is 0 Å². The quantitative estimate of drug-likeness (QED) is 0.213. The molecule has 17 unspecified atom stereocenters. The Kier molecular flexibility index (Phi) is 9.48. The van der Waals surface area contributed by atoms with Crippen LogP contribution in [0.25, 0.3) is 0 Å². The molecule has 6 aliphatic rings. The molecule has 0 aromatic carbocycles. The van der Waals surface area contributed by atoms with Gasteiger partial charge in [-0.1, -0.05) is 25.5 Å². The second kappa shape index (κ2) is 13.0. The van der Waals surface area contributed by atoms with Gasteiger partial charge in [0.15, 0.2) is 12.6 Å². The number of hydrogen-bond acceptors (Lipinski definition) is 13. The van der Waals surface area contributed by atoms with E-state index in [2.05, 4.69) is 19.9 Å². The van der Waals surface area contributed by atoms with Crippen LogP contribution in [0.5, 0.6) is 0 Å². The summed E-state index contributed by atoms with van der Waals surface area (Å²) in [6.45, 7) is 5.49. The fraction of sp³-hybridized carbons (Fsp3) is 0.806. The van der Waals surface area contributed by atoms with E-state index in [1.54, 1.807) is 13.2 Å². The molecule has 4 aliphatic carbocycles. The largest absolute Gasteiger partial charge is 0.431 e. The summed E-state index contributed by atoms with van der Waals surface area (Å²) in [5.74, 6) is 0.549. The summed E-state index contributed by atoms with van der Waals surface area (Å²) in [6, 6.07) is 3.32. The summed E-state index contributed by atoms with van der Waals surface area (Å²) in [4.78, 5) is 11.6. The number of fused-ring (bicyclic) bond motifs is 5. The highest BCUT2D eigenvalue weighted by Crippen LogP contribution is 2.70. The van der Waals surface area contributed by atoms with Crippen molar-refractivity contribution in [2.24, 2.45) is 22.7 Å². The highest BCUT2D eigenvalue weighted by Gasteiger charge is 2.67. The zero-order chi connectivity index (χ0) is 35.0. The summed E-state index contributed by atoms with van der Waals surface area (Å²) in [6.07, 6.45) is -3.95. The molecule has 13 nitrogen and oxygen atoms in total. The van der Waals surface area contributed by atoms with Crippen molar-refractivity contribution in [2.45, 2.75) is 151 Å². The second-order valence-electron chi connectivity index (χ2n) is 15.9. The predicted molar refractivity (Wildman–Crippen MR) is 186 cm³/mol. The summed E-state index contributed by atoms with van der Waals surface area (Å²) < 4.78 is 28.7. The average molecular weight is 707 g/mol. The van der Waals surface area contributed by atoms with Crippen molar-refractivity contribution in [3.63, 3.8) is 0 Å². The SMILES string of the molecule is CC1OC(OC2C=C3CCC4C(CCC5(C)C(c6ccc(=O)oc6)CCC45O)C3(C)CC2)C(O)C(OC2OC(CO)C(O)C(O)C2O)C1O.[HH].[HH].[HH].[HH].[HH].[HH].[HH]. The van der Waals surface area contributed by atoms with Crippen LogP contribution in [0.3, 0.4) is 0 Å². The van der Waals surface area contributed by atoms with Gasteiger partial charge in [-0.15, -0.1) is 0 Å². The molecule has 3 saturated carbocycles. The minimum absolute atomic E-state index is 0. The molecule has 2 aliphatic heterocycles. The van der Waals surface area contributed by atoms with Crippen molar-refractivity contribution in [3.8, 4) is 0 Å². The zero-order valence-electron chi connectivity index (χ0n) is 28.3. The molecule has 5 fully saturated rings. The van der Waals surface area contributed by atoms with Gasteiger partial charge in [0.1, 0.15) is 42.7 Å². The molecular weight excluding hydrogens is 640 g/mol. The van der Waals surface area contributed by atoms with Gasteiger partial charge in [0, 0.05) is 21.5 Å². The van der Waals surface area contributed by atoms with Crippen LogP contribution in [-0.2, 0) is 18.9 Å². The van der Waals surface area contributed by atoms with Crippen LogP contribution >= 0.6 is 0 Å². The van der Waals surface area contributed by atoms with Gasteiger partial charge in [0.25, 0.3) is 0 Å². The Labute approximate surface area is 295 Å². The lowest BCUT2D eigenvalue weighted by atomic mass is 9.45. The minimum atomic E-state index is -1.70. The fourth-order valence-corrected chi connectivity index (χ4v) is 10.7. The lowest BCUT2D eigenvalue weighted by molar-refractivity contribution is -0.359. The number of aliphatic hydroxyl groups is 7. The van der Waals surface area contributed by atoms with Gasteiger partial charge in [0.05, 0.1) is 30.7 Å². The lowest BCUT2D eigenvalue weighted by Gasteiger charge is -2.62. The third kappa shape index (κ3) is 5.68. The summed E-state index contributed by atoms with van der Waals surface area (Å²) >= 11 is 0. The van der Waals surface area contributed by atoms with Crippen molar-refractivity contribution in [2.75, 3.05) is 6.61 Å². The standard InChI is InChI=1S/C36H52O13.7H2/c1-17-26(39)31(49-32-29(42)28(41)27(40)24(15-37)48-32)30(43)33(46-17)47-20-8-11-34(2)19(14-20)5-6-23-22(34)9-12-35(3)21(10-13-36(23,35)44)18-4-7-25(38)45-16-18;;;;;;;/h4,7,14,16-17,20-24,26-33,37,39-44H,5-6,8-13,15H2,1-3H3;7*1H. The molecule has 0 amide bonds. The Morgan fingerprint density at radius 3 is 2.33 bits per heavy atom. The van der Waals surface area contributed by atoms with Crippen LogP contribution in [0.15, 0.2) is 39.3 Å². The maximum absolute atomic E-state index is 12.5. The van der Waals surface area contributed by atoms with Crippen molar-refractivity contribution in [1.82, 2.24) is 0 Å². The molecule has 0 bridgehead atoms. The molecule has 0 spiro atoms. The van der Waals surface area contributed by atoms with Crippen LogP contribution < -0.4 is 5.63 Å². The van der Waals surface area contributed by atoms with Gasteiger partial charge in [-0.05, 0) is 93.1 Å². The number of ether oxygens (including phenoxy) is 4. The average Bonchev–Trinajstić information content (AvgIpc) is 3.36. The first-order valence-corrected chi connectivity index (χ1v) is 17.9. The first-order chi connectivity index (χ1) is 23.2. The monoisotopic (exact) mass is 706 g/mol. The summed E-state index contributed by atoms with van der Waals surface area (Å²) in [5, 5.41) is 75.1. The Hall–Kier alpha value is -1.75. The highest BCUT2D eigenvalue weighted by molar-refractivity contribution is 5.31. The fourth-order valence-electron chi connectivity index (χ4n) is 10.7. The smallest absolute Gasteiger partial charge is 0.335 e. The second-order valence-corrected chi connectivity index (χ2v) is 15.9. The van der Waals surface area contributed by atoms with E-state index in [0.717, 1.165) is 44.1 Å². The lowest BCUT2D eigenvalue weighted by Crippen LogP contribution is -2.64. The van der Waals surface area contributed by atoms with Crippen LogP contribution in [-0.4, -0.2) is 115 Å². The highest BCUT2D eigenvalue weighted by atomic mass is 16.7. The van der Waals surface area contributed by atoms with Crippen LogP contribution in [0, 0.1) is 22.7 Å². The molecule has 7 rings (SSSR count). The normalized spacial score (nSPS) is 51.3. The van der Waals surface area contributed by atoms with E-state index in [9.17, 15) is 40.5 Å². The van der Waals surface area contributed by atoms with Crippen LogP contribution in [0.2, 0.25) is 0 Å². The maximum Gasteiger partial charge on any atom is 0.335 e. The number of allylic oxidation sites excluding steroid dienone is 1. The van der Waals surface area contributed by atoms with E-state index in [1.165, 1.54) is 11.6 Å². The Balaban J connectivity index is 0.00000432. The predicted octanol–water partition coefficient (Wildman–Crippen LogP) is 2.56. The van der Waals surface area contributed by atoms with E-state index in [0.29, 0.717) is 18.8 Å². The van der Waals surface area contributed by atoms with Gasteiger partial charge in [-0.25, -0.2) is 4.79 Å².